The van der Waals surface area contributed by atoms with Crippen LogP contribution in [0.4, 0.5) is 0 Å². The highest BCUT2D eigenvalue weighted by Gasteiger charge is 2.13. The normalized spacial score (nSPS) is 11.4. The van der Waals surface area contributed by atoms with Crippen LogP contribution >= 0.6 is 0 Å². The summed E-state index contributed by atoms with van der Waals surface area (Å²) in [6.45, 7) is 1.20. The molecule has 0 fully saturated rings. The Morgan fingerprint density at radius 1 is 0.929 bits per heavy atom. The zero-order valence-electron chi connectivity index (χ0n) is 16.6. The third-order valence-electron chi connectivity index (χ3n) is 4.44. The van der Waals surface area contributed by atoms with Crippen LogP contribution < -0.4 is 24.8 Å². The highest BCUT2D eigenvalue weighted by Crippen LogP contribution is 2.38. The zero-order chi connectivity index (χ0) is 19.9. The molecule has 148 valence electrons. The van der Waals surface area contributed by atoms with Gasteiger partial charge < -0.3 is 29.8 Å². The molecular formula is C21H26N4O3. The van der Waals surface area contributed by atoms with Gasteiger partial charge in [-0.2, -0.15) is 0 Å². The van der Waals surface area contributed by atoms with E-state index >= 15 is 0 Å². The van der Waals surface area contributed by atoms with Gasteiger partial charge in [-0.05, 0) is 35.2 Å². The number of rotatable bonds is 7. The van der Waals surface area contributed by atoms with Gasteiger partial charge in [0, 0.05) is 24.8 Å². The summed E-state index contributed by atoms with van der Waals surface area (Å²) in [5, 5.41) is 7.81. The minimum atomic E-state index is 0.559. The Bertz CT molecular complexity index is 907. The van der Waals surface area contributed by atoms with Crippen molar-refractivity contribution >= 4 is 16.9 Å². The second-order valence-corrected chi connectivity index (χ2v) is 6.19. The van der Waals surface area contributed by atoms with E-state index < -0.39 is 0 Å². The number of ether oxygens (including phenoxy) is 3. The molecule has 0 aliphatic heterocycles. The quantitative estimate of drug-likeness (QED) is 0.432. The highest BCUT2D eigenvalue weighted by atomic mass is 16.5. The molecule has 0 spiro atoms. The molecule has 28 heavy (non-hydrogen) atoms. The average Bonchev–Trinajstić information content (AvgIpc) is 3.15. The molecule has 0 bridgehead atoms. The lowest BCUT2D eigenvalue weighted by Gasteiger charge is -2.15. The molecule has 2 aromatic carbocycles. The molecule has 7 heteroatoms. The number of aromatic nitrogens is 1. The van der Waals surface area contributed by atoms with Crippen LogP contribution in [0.2, 0.25) is 0 Å². The van der Waals surface area contributed by atoms with Crippen molar-refractivity contribution in [1.29, 1.82) is 0 Å². The summed E-state index contributed by atoms with van der Waals surface area (Å²) in [5.74, 6) is 2.53. The van der Waals surface area contributed by atoms with Gasteiger partial charge in [0.15, 0.2) is 17.5 Å². The molecule has 0 atom stereocenters. The zero-order valence-corrected chi connectivity index (χ0v) is 16.6. The fraction of sp³-hybridized carbons (Fsp3) is 0.286. The number of H-pyrrole nitrogens is 1. The lowest BCUT2D eigenvalue weighted by Crippen LogP contribution is -2.36. The Hall–Kier alpha value is -3.35. The number of aromatic amines is 1. The molecule has 3 aromatic rings. The number of para-hydroxylation sites is 1. The topological polar surface area (TPSA) is 79.9 Å². The van der Waals surface area contributed by atoms with Crippen LogP contribution in [0.25, 0.3) is 10.9 Å². The standard InChI is InChI=1S/C21H26N4O3/c1-22-21(24-13-16-11-15-7-5-6-8-17(15)25-16)23-12-14-9-18(26-2)20(28-4)19(10-14)27-3/h5-11,25H,12-13H2,1-4H3,(H2,22,23,24). The third kappa shape index (κ3) is 4.31. The Morgan fingerprint density at radius 2 is 1.61 bits per heavy atom. The van der Waals surface area contributed by atoms with Crippen LogP contribution in [0.5, 0.6) is 17.2 Å². The number of methoxy groups -OCH3 is 3. The molecule has 0 amide bonds. The molecule has 3 N–H and O–H groups in total. The van der Waals surface area contributed by atoms with Gasteiger partial charge in [-0.3, -0.25) is 4.99 Å². The fourth-order valence-corrected chi connectivity index (χ4v) is 3.05. The van der Waals surface area contributed by atoms with Crippen molar-refractivity contribution in [2.75, 3.05) is 28.4 Å². The van der Waals surface area contributed by atoms with Crippen molar-refractivity contribution in [3.05, 3.63) is 53.7 Å². The van der Waals surface area contributed by atoms with E-state index in [0.717, 1.165) is 16.8 Å². The lowest BCUT2D eigenvalue weighted by molar-refractivity contribution is 0.323. The van der Waals surface area contributed by atoms with Crippen molar-refractivity contribution in [1.82, 2.24) is 15.6 Å². The molecule has 1 aromatic heterocycles. The second-order valence-electron chi connectivity index (χ2n) is 6.19. The van der Waals surface area contributed by atoms with E-state index in [0.29, 0.717) is 36.3 Å². The minimum Gasteiger partial charge on any atom is -0.493 e. The van der Waals surface area contributed by atoms with Crippen molar-refractivity contribution < 1.29 is 14.2 Å². The SMILES string of the molecule is CN=C(NCc1cc(OC)c(OC)c(OC)c1)NCc1cc2ccccc2[nH]1. The van der Waals surface area contributed by atoms with Crippen molar-refractivity contribution in [3.8, 4) is 17.2 Å². The molecule has 1 heterocycles. The lowest BCUT2D eigenvalue weighted by atomic mass is 10.2. The summed E-state index contributed by atoms with van der Waals surface area (Å²) in [4.78, 5) is 7.68. The van der Waals surface area contributed by atoms with E-state index in [1.807, 2.05) is 24.3 Å². The van der Waals surface area contributed by atoms with Crippen LogP contribution in [0.15, 0.2) is 47.5 Å². The molecule has 3 rings (SSSR count). The maximum atomic E-state index is 5.40. The number of hydrogen-bond donors (Lipinski definition) is 3. The van der Waals surface area contributed by atoms with Gasteiger partial charge in [0.25, 0.3) is 0 Å². The first-order chi connectivity index (χ1) is 13.7. The van der Waals surface area contributed by atoms with E-state index in [1.54, 1.807) is 28.4 Å². The first-order valence-corrected chi connectivity index (χ1v) is 8.98. The molecule has 0 radical (unpaired) electrons. The van der Waals surface area contributed by atoms with Gasteiger partial charge in [-0.1, -0.05) is 18.2 Å². The fourth-order valence-electron chi connectivity index (χ4n) is 3.05. The number of nitrogens with one attached hydrogen (secondary N) is 3. The van der Waals surface area contributed by atoms with E-state index in [1.165, 1.54) is 5.39 Å². The first-order valence-electron chi connectivity index (χ1n) is 8.98. The number of hydrogen-bond acceptors (Lipinski definition) is 4. The Labute approximate surface area is 164 Å². The van der Waals surface area contributed by atoms with Crippen LogP contribution in [0.3, 0.4) is 0 Å². The van der Waals surface area contributed by atoms with Crippen LogP contribution in [-0.4, -0.2) is 39.3 Å². The smallest absolute Gasteiger partial charge is 0.203 e. The van der Waals surface area contributed by atoms with E-state index in [-0.39, 0.29) is 0 Å². The van der Waals surface area contributed by atoms with Gasteiger partial charge in [0.05, 0.1) is 27.9 Å². The predicted molar refractivity (Wildman–Crippen MR) is 111 cm³/mol. The maximum Gasteiger partial charge on any atom is 0.203 e. The summed E-state index contributed by atoms with van der Waals surface area (Å²) < 4.78 is 16.2. The Kier molecular flexibility index (Phi) is 6.26. The number of guanidine groups is 1. The van der Waals surface area contributed by atoms with Gasteiger partial charge in [0.2, 0.25) is 5.75 Å². The summed E-state index contributed by atoms with van der Waals surface area (Å²) in [6.07, 6.45) is 0. The Morgan fingerprint density at radius 3 is 2.21 bits per heavy atom. The van der Waals surface area contributed by atoms with Crippen LogP contribution in [0.1, 0.15) is 11.3 Å². The first kappa shape index (κ1) is 19.4. The van der Waals surface area contributed by atoms with E-state index in [2.05, 4.69) is 38.8 Å². The molecule has 0 aliphatic carbocycles. The second kappa shape index (κ2) is 9.03. The van der Waals surface area contributed by atoms with Crippen molar-refractivity contribution in [3.63, 3.8) is 0 Å². The van der Waals surface area contributed by atoms with Crippen molar-refractivity contribution in [2.45, 2.75) is 13.1 Å². The summed E-state index contributed by atoms with van der Waals surface area (Å²) in [7, 11) is 6.55. The molecule has 7 nitrogen and oxygen atoms in total. The van der Waals surface area contributed by atoms with E-state index in [4.69, 9.17) is 14.2 Å². The molecule has 0 unspecified atom stereocenters. The number of benzene rings is 2. The maximum absolute atomic E-state index is 5.40. The molecule has 0 aliphatic rings. The Balaban J connectivity index is 1.63. The molecule has 0 saturated heterocycles. The third-order valence-corrected chi connectivity index (χ3v) is 4.44. The molecule has 0 saturated carbocycles. The summed E-state index contributed by atoms with van der Waals surface area (Å²) in [5.41, 5.74) is 3.21. The van der Waals surface area contributed by atoms with Gasteiger partial charge in [0.1, 0.15) is 0 Å². The number of aliphatic imine (C=N–C) groups is 1. The van der Waals surface area contributed by atoms with Gasteiger partial charge >= 0.3 is 0 Å². The molecular weight excluding hydrogens is 356 g/mol. The largest absolute Gasteiger partial charge is 0.493 e. The van der Waals surface area contributed by atoms with Crippen LogP contribution in [0, 0.1) is 0 Å². The van der Waals surface area contributed by atoms with Gasteiger partial charge in [-0.15, -0.1) is 0 Å². The highest BCUT2D eigenvalue weighted by molar-refractivity contribution is 5.81. The summed E-state index contributed by atoms with van der Waals surface area (Å²) in [6, 6.07) is 14.2. The number of fused-ring (bicyclic) bond motifs is 1. The predicted octanol–water partition coefficient (Wildman–Crippen LogP) is 3.06. The monoisotopic (exact) mass is 382 g/mol. The summed E-state index contributed by atoms with van der Waals surface area (Å²) >= 11 is 0. The van der Waals surface area contributed by atoms with Gasteiger partial charge in [-0.25, -0.2) is 0 Å². The van der Waals surface area contributed by atoms with Crippen LogP contribution in [-0.2, 0) is 13.1 Å². The average molecular weight is 382 g/mol. The van der Waals surface area contributed by atoms with E-state index in [9.17, 15) is 0 Å². The minimum absolute atomic E-state index is 0.559. The number of nitrogens with zero attached hydrogens (tertiary/aromatic N) is 1. The van der Waals surface area contributed by atoms with Crippen molar-refractivity contribution in [2.24, 2.45) is 4.99 Å².